The van der Waals surface area contributed by atoms with Crippen molar-refractivity contribution >= 4 is 28.7 Å². The molecule has 0 bridgehead atoms. The number of unbranched alkanes of at least 4 members (excludes halogenated alkanes) is 18. The van der Waals surface area contributed by atoms with Crippen molar-refractivity contribution in [2.45, 2.75) is 181 Å². The lowest BCUT2D eigenvalue weighted by molar-refractivity contribution is -0.127. The maximum Gasteiger partial charge on any atom is 0.280 e. The molecule has 2 heterocycles. The summed E-state index contributed by atoms with van der Waals surface area (Å²) in [5.74, 6) is 0.269. The second kappa shape index (κ2) is 23.8. The smallest absolute Gasteiger partial charge is 0.280 e. The fourth-order valence-electron chi connectivity index (χ4n) is 5.77. The maximum absolute atomic E-state index is 12.9. The fraction of sp³-hybridized carbons (Fsp3) is 0.800. The number of ketones is 2. The molecule has 0 spiro atoms. The maximum atomic E-state index is 12.9. The van der Waals surface area contributed by atoms with Gasteiger partial charge < -0.3 is 10.5 Å². The number of carbonyl (C=O) groups is 2. The molecule has 0 saturated carbocycles. The minimum absolute atomic E-state index is 0.000795. The number of imidazole rings is 1. The standard InChI is InChI=1S/C35H61N5O4/c1-3-5-7-9-11-13-15-17-19-21-23-29(41)25-31(26-30(42)24-22-20-18-16-14-12-10-8-6-4-2)44-28-40-27-37-32-33(40)38-35(36)39-34(32)43/h27,31H,3-26,28H2,1-2H3,(H3,36,38,39,43). The zero-order chi connectivity index (χ0) is 31.8. The van der Waals surface area contributed by atoms with Gasteiger partial charge in [-0.1, -0.05) is 129 Å². The Bertz CT molecular complexity index is 1070. The third kappa shape index (κ3) is 16.5. The highest BCUT2D eigenvalue weighted by Crippen LogP contribution is 2.17. The molecule has 44 heavy (non-hydrogen) atoms. The number of H-pyrrole nitrogens is 1. The third-order valence-electron chi connectivity index (χ3n) is 8.47. The predicted molar refractivity (Wildman–Crippen MR) is 180 cm³/mol. The lowest BCUT2D eigenvalue weighted by Crippen LogP contribution is -2.23. The molecule has 250 valence electrons. The van der Waals surface area contributed by atoms with Gasteiger partial charge >= 0.3 is 0 Å². The van der Waals surface area contributed by atoms with E-state index < -0.39 is 11.7 Å². The van der Waals surface area contributed by atoms with Crippen LogP contribution in [-0.2, 0) is 21.1 Å². The molecule has 0 saturated heterocycles. The summed E-state index contributed by atoms with van der Waals surface area (Å²) in [6, 6.07) is 0. The second-order valence-electron chi connectivity index (χ2n) is 12.6. The Hall–Kier alpha value is -2.55. The summed E-state index contributed by atoms with van der Waals surface area (Å²) in [6.45, 7) is 4.52. The van der Waals surface area contributed by atoms with Gasteiger partial charge in [0.05, 0.1) is 12.4 Å². The topological polar surface area (TPSA) is 133 Å². The first-order valence-electron chi connectivity index (χ1n) is 17.8. The van der Waals surface area contributed by atoms with Crippen LogP contribution in [0, 0.1) is 0 Å². The van der Waals surface area contributed by atoms with Gasteiger partial charge in [0.1, 0.15) is 18.3 Å². The highest BCUT2D eigenvalue weighted by Gasteiger charge is 2.19. The van der Waals surface area contributed by atoms with Gasteiger partial charge in [-0.25, -0.2) is 4.98 Å². The van der Waals surface area contributed by atoms with Crippen molar-refractivity contribution in [1.82, 2.24) is 19.5 Å². The molecule has 9 nitrogen and oxygen atoms in total. The number of nitrogens with zero attached hydrogens (tertiary/aromatic N) is 3. The van der Waals surface area contributed by atoms with E-state index in [9.17, 15) is 14.4 Å². The lowest BCUT2D eigenvalue weighted by Gasteiger charge is -2.17. The Morgan fingerprint density at radius 1 is 0.750 bits per heavy atom. The van der Waals surface area contributed by atoms with Gasteiger partial charge in [0.25, 0.3) is 5.56 Å². The van der Waals surface area contributed by atoms with Crippen molar-refractivity contribution in [1.29, 1.82) is 0 Å². The van der Waals surface area contributed by atoms with E-state index in [1.54, 1.807) is 4.57 Å². The normalized spacial score (nSPS) is 11.6. The number of nitrogens with two attached hydrogens (primary N) is 1. The molecular weight excluding hydrogens is 554 g/mol. The van der Waals surface area contributed by atoms with E-state index in [-0.39, 0.29) is 42.6 Å². The van der Waals surface area contributed by atoms with Crippen molar-refractivity contribution in [2.75, 3.05) is 5.73 Å². The summed E-state index contributed by atoms with van der Waals surface area (Å²) in [4.78, 5) is 48.7. The minimum Gasteiger partial charge on any atom is -0.369 e. The largest absolute Gasteiger partial charge is 0.369 e. The van der Waals surface area contributed by atoms with Gasteiger partial charge in [0, 0.05) is 25.7 Å². The van der Waals surface area contributed by atoms with Crippen molar-refractivity contribution in [3.8, 4) is 0 Å². The average molecular weight is 616 g/mol. The minimum atomic E-state index is -0.516. The van der Waals surface area contributed by atoms with Crippen LogP contribution in [0.3, 0.4) is 0 Å². The fourth-order valence-corrected chi connectivity index (χ4v) is 5.77. The Labute approximate surface area is 265 Å². The second-order valence-corrected chi connectivity index (χ2v) is 12.6. The molecule has 0 amide bonds. The van der Waals surface area contributed by atoms with Gasteiger partial charge in [0.15, 0.2) is 11.2 Å². The molecule has 0 aliphatic heterocycles. The van der Waals surface area contributed by atoms with E-state index in [1.807, 2.05) is 0 Å². The number of nitrogen functional groups attached to an aromatic ring is 1. The molecule has 0 aromatic carbocycles. The Morgan fingerprint density at radius 3 is 1.64 bits per heavy atom. The van der Waals surface area contributed by atoms with E-state index in [4.69, 9.17) is 10.5 Å². The Balaban J connectivity index is 1.77. The first-order valence-corrected chi connectivity index (χ1v) is 17.8. The van der Waals surface area contributed by atoms with Crippen molar-refractivity contribution < 1.29 is 14.3 Å². The first-order chi connectivity index (χ1) is 21.4. The van der Waals surface area contributed by atoms with Crippen LogP contribution >= 0.6 is 0 Å². The van der Waals surface area contributed by atoms with Gasteiger partial charge in [-0.15, -0.1) is 0 Å². The number of aromatic nitrogens is 4. The molecule has 0 fully saturated rings. The first kappa shape index (κ1) is 37.6. The molecule has 2 aromatic rings. The summed E-state index contributed by atoms with van der Waals surface area (Å²) in [7, 11) is 0. The third-order valence-corrected chi connectivity index (χ3v) is 8.47. The van der Waals surface area contributed by atoms with Crippen LogP contribution < -0.4 is 11.3 Å². The lowest BCUT2D eigenvalue weighted by atomic mass is 9.99. The molecule has 0 radical (unpaired) electrons. The zero-order valence-electron chi connectivity index (χ0n) is 27.9. The highest BCUT2D eigenvalue weighted by molar-refractivity contribution is 5.82. The quantitative estimate of drug-likeness (QED) is 0.0876. The van der Waals surface area contributed by atoms with Gasteiger partial charge in [0.2, 0.25) is 5.95 Å². The Morgan fingerprint density at radius 2 is 1.18 bits per heavy atom. The van der Waals surface area contributed by atoms with Crippen LogP contribution in [0.5, 0.6) is 0 Å². The van der Waals surface area contributed by atoms with Crippen molar-refractivity contribution in [3.05, 3.63) is 16.7 Å². The number of carbonyl (C=O) groups excluding carboxylic acids is 2. The number of hydrogen-bond acceptors (Lipinski definition) is 7. The van der Waals surface area contributed by atoms with Crippen LogP contribution in [0.2, 0.25) is 0 Å². The van der Waals surface area contributed by atoms with E-state index >= 15 is 0 Å². The highest BCUT2D eigenvalue weighted by atomic mass is 16.5. The van der Waals surface area contributed by atoms with Gasteiger partial charge in [-0.2, -0.15) is 4.98 Å². The molecule has 2 aromatic heterocycles. The van der Waals surface area contributed by atoms with Crippen LogP contribution in [0.15, 0.2) is 11.1 Å². The number of ether oxygens (including phenoxy) is 1. The monoisotopic (exact) mass is 615 g/mol. The molecule has 3 N–H and O–H groups in total. The van der Waals surface area contributed by atoms with E-state index in [0.717, 1.165) is 25.7 Å². The van der Waals surface area contributed by atoms with Gasteiger partial charge in [-0.3, -0.25) is 23.9 Å². The summed E-state index contributed by atoms with van der Waals surface area (Å²) < 4.78 is 7.69. The van der Waals surface area contributed by atoms with Crippen molar-refractivity contribution in [2.24, 2.45) is 0 Å². The summed E-state index contributed by atoms with van der Waals surface area (Å²) in [5, 5.41) is 0. The molecule has 2 rings (SSSR count). The molecule has 9 heteroatoms. The van der Waals surface area contributed by atoms with Crippen molar-refractivity contribution in [3.63, 3.8) is 0 Å². The van der Waals surface area contributed by atoms with E-state index in [2.05, 4.69) is 28.8 Å². The SMILES string of the molecule is CCCCCCCCCCCCC(=O)CC(CC(=O)CCCCCCCCCCCC)OCn1cnc2c(=O)[nH]c(N)nc21. The molecule has 0 atom stereocenters. The predicted octanol–water partition coefficient (Wildman–Crippen LogP) is 8.58. The number of Topliss-reactive ketones (excluding diaryl/α,β-unsaturated/α-hetero) is 2. The number of aromatic amines is 1. The molecule has 0 aliphatic carbocycles. The molecular formula is C35H61N5O4. The summed E-state index contributed by atoms with van der Waals surface area (Å²) in [6.07, 6.45) is 26.9. The molecule has 0 aliphatic rings. The van der Waals surface area contributed by atoms with E-state index in [1.165, 1.54) is 109 Å². The molecule has 0 unspecified atom stereocenters. The van der Waals surface area contributed by atoms with E-state index in [0.29, 0.717) is 18.5 Å². The summed E-state index contributed by atoms with van der Waals surface area (Å²) in [5.41, 5.74) is 5.80. The number of nitrogens with one attached hydrogen (secondary N) is 1. The van der Waals surface area contributed by atoms with Crippen LogP contribution in [-0.4, -0.2) is 37.2 Å². The number of fused-ring (bicyclic) bond motifs is 1. The van der Waals surface area contributed by atoms with Crippen LogP contribution in [0.1, 0.15) is 168 Å². The average Bonchev–Trinajstić information content (AvgIpc) is 3.40. The van der Waals surface area contributed by atoms with Crippen LogP contribution in [0.25, 0.3) is 11.2 Å². The number of hydrogen-bond donors (Lipinski definition) is 2. The summed E-state index contributed by atoms with van der Waals surface area (Å²) >= 11 is 0. The van der Waals surface area contributed by atoms with Gasteiger partial charge in [-0.05, 0) is 12.8 Å². The number of rotatable bonds is 29. The zero-order valence-corrected chi connectivity index (χ0v) is 27.9. The number of anilines is 1. The van der Waals surface area contributed by atoms with Crippen LogP contribution in [0.4, 0.5) is 5.95 Å². The Kier molecular flexibility index (Phi) is 20.3.